The van der Waals surface area contributed by atoms with Gasteiger partial charge in [-0.3, -0.25) is 9.59 Å². The summed E-state index contributed by atoms with van der Waals surface area (Å²) in [6, 6.07) is 9.77. The van der Waals surface area contributed by atoms with Crippen LogP contribution in [-0.2, 0) is 4.79 Å². The highest BCUT2D eigenvalue weighted by molar-refractivity contribution is 5.98. The molecule has 1 aliphatic rings. The molecule has 1 N–H and O–H groups in total. The number of benzene rings is 1. The summed E-state index contributed by atoms with van der Waals surface area (Å²) in [5, 5.41) is 1.05. The number of aromatic amines is 1. The van der Waals surface area contributed by atoms with E-state index in [2.05, 4.69) is 4.98 Å². The first kappa shape index (κ1) is 12.9. The Morgan fingerprint density at radius 2 is 1.90 bits per heavy atom. The number of H-pyrrole nitrogens is 1. The first-order valence-electron chi connectivity index (χ1n) is 7.02. The Balaban J connectivity index is 1.75. The summed E-state index contributed by atoms with van der Waals surface area (Å²) in [5.74, 6) is 0.396. The highest BCUT2D eigenvalue weighted by Crippen LogP contribution is 2.21. The predicted molar refractivity (Wildman–Crippen MR) is 77.6 cm³/mol. The van der Waals surface area contributed by atoms with Gasteiger partial charge >= 0.3 is 0 Å². The third kappa shape index (κ3) is 2.33. The number of hydrogen-bond donors (Lipinski definition) is 1. The van der Waals surface area contributed by atoms with Crippen molar-refractivity contribution in [3.05, 3.63) is 36.0 Å². The summed E-state index contributed by atoms with van der Waals surface area (Å²) in [6.45, 7) is 2.97. The summed E-state index contributed by atoms with van der Waals surface area (Å²) < 4.78 is 0. The number of para-hydroxylation sites is 1. The molecule has 1 aromatic heterocycles. The molecule has 104 valence electrons. The molecule has 0 bridgehead atoms. The first-order valence-corrected chi connectivity index (χ1v) is 7.02. The maximum absolute atomic E-state index is 12.5. The van der Waals surface area contributed by atoms with Gasteiger partial charge in [0.2, 0.25) is 0 Å². The number of piperidine rings is 1. The van der Waals surface area contributed by atoms with Crippen molar-refractivity contribution >= 4 is 22.6 Å². The lowest BCUT2D eigenvalue weighted by molar-refractivity contribution is -0.121. The Labute approximate surface area is 117 Å². The van der Waals surface area contributed by atoms with Crippen LogP contribution in [0.15, 0.2) is 30.3 Å². The van der Waals surface area contributed by atoms with Crippen LogP contribution in [0.2, 0.25) is 0 Å². The number of nitrogens with one attached hydrogen (secondary N) is 1. The molecule has 1 saturated heterocycles. The number of Topliss-reactive ketones (excluding diaryl/α,β-unsaturated/α-hetero) is 1. The molecule has 1 aliphatic heterocycles. The molecule has 0 radical (unpaired) electrons. The zero-order chi connectivity index (χ0) is 14.1. The van der Waals surface area contributed by atoms with Gasteiger partial charge < -0.3 is 9.88 Å². The van der Waals surface area contributed by atoms with Gasteiger partial charge in [0.25, 0.3) is 5.91 Å². The summed E-state index contributed by atoms with van der Waals surface area (Å²) in [6.07, 6.45) is 1.56. The minimum atomic E-state index is 0.0307. The monoisotopic (exact) mass is 270 g/mol. The number of rotatable bonds is 2. The molecule has 1 aromatic carbocycles. The van der Waals surface area contributed by atoms with Crippen molar-refractivity contribution in [2.24, 2.45) is 5.92 Å². The van der Waals surface area contributed by atoms with Crippen molar-refractivity contribution in [1.29, 1.82) is 0 Å². The Kier molecular flexibility index (Phi) is 3.30. The van der Waals surface area contributed by atoms with E-state index in [9.17, 15) is 9.59 Å². The van der Waals surface area contributed by atoms with E-state index in [1.54, 1.807) is 6.92 Å². The topological polar surface area (TPSA) is 53.2 Å². The van der Waals surface area contributed by atoms with Crippen LogP contribution < -0.4 is 0 Å². The minimum Gasteiger partial charge on any atom is -0.351 e. The van der Waals surface area contributed by atoms with Gasteiger partial charge in [-0.25, -0.2) is 0 Å². The van der Waals surface area contributed by atoms with Gasteiger partial charge in [-0.1, -0.05) is 18.2 Å². The van der Waals surface area contributed by atoms with Gasteiger partial charge in [0, 0.05) is 29.9 Å². The molecule has 0 aliphatic carbocycles. The Morgan fingerprint density at radius 1 is 1.20 bits per heavy atom. The number of aromatic nitrogens is 1. The number of hydrogen-bond acceptors (Lipinski definition) is 2. The molecule has 1 fully saturated rings. The van der Waals surface area contributed by atoms with Gasteiger partial charge in [0.1, 0.15) is 11.5 Å². The van der Waals surface area contributed by atoms with Crippen LogP contribution >= 0.6 is 0 Å². The highest BCUT2D eigenvalue weighted by atomic mass is 16.2. The summed E-state index contributed by atoms with van der Waals surface area (Å²) in [5.41, 5.74) is 1.61. The number of amides is 1. The Hall–Kier alpha value is -2.10. The molecule has 4 heteroatoms. The van der Waals surface area contributed by atoms with Crippen LogP contribution in [0.5, 0.6) is 0 Å². The maximum Gasteiger partial charge on any atom is 0.270 e. The van der Waals surface area contributed by atoms with E-state index in [0.717, 1.165) is 23.7 Å². The van der Waals surface area contributed by atoms with E-state index in [1.807, 2.05) is 35.2 Å². The number of likely N-dealkylation sites (tertiary alicyclic amines) is 1. The Morgan fingerprint density at radius 3 is 2.55 bits per heavy atom. The molecule has 2 aromatic rings. The lowest BCUT2D eigenvalue weighted by Crippen LogP contribution is -2.40. The summed E-state index contributed by atoms with van der Waals surface area (Å²) in [4.78, 5) is 28.8. The zero-order valence-corrected chi connectivity index (χ0v) is 11.6. The van der Waals surface area contributed by atoms with Gasteiger partial charge in [-0.2, -0.15) is 0 Å². The molecular formula is C16H18N2O2. The third-order valence-electron chi connectivity index (χ3n) is 4.12. The highest BCUT2D eigenvalue weighted by Gasteiger charge is 2.26. The van der Waals surface area contributed by atoms with Crippen molar-refractivity contribution in [3.8, 4) is 0 Å². The average molecular weight is 270 g/mol. The fraction of sp³-hybridized carbons (Fsp3) is 0.375. The zero-order valence-electron chi connectivity index (χ0n) is 11.6. The molecule has 0 saturated carbocycles. The molecule has 0 atom stereocenters. The smallest absolute Gasteiger partial charge is 0.270 e. The van der Waals surface area contributed by atoms with Crippen molar-refractivity contribution < 1.29 is 9.59 Å². The maximum atomic E-state index is 12.5. The van der Waals surface area contributed by atoms with Gasteiger partial charge in [-0.05, 0) is 31.9 Å². The normalized spacial score (nSPS) is 16.6. The second-order valence-corrected chi connectivity index (χ2v) is 5.45. The minimum absolute atomic E-state index is 0.0307. The number of nitrogens with zero attached hydrogens (tertiary/aromatic N) is 1. The summed E-state index contributed by atoms with van der Waals surface area (Å²) in [7, 11) is 0. The van der Waals surface area contributed by atoms with Crippen LogP contribution in [0.1, 0.15) is 30.3 Å². The molecule has 1 amide bonds. The molecule has 4 nitrogen and oxygen atoms in total. The Bertz CT molecular complexity index is 618. The lowest BCUT2D eigenvalue weighted by atomic mass is 9.93. The molecule has 0 spiro atoms. The number of carbonyl (C=O) groups excluding carboxylic acids is 2. The van der Waals surface area contributed by atoms with Crippen LogP contribution in [0.4, 0.5) is 0 Å². The van der Waals surface area contributed by atoms with Gasteiger partial charge in [0.05, 0.1) is 0 Å². The van der Waals surface area contributed by atoms with E-state index >= 15 is 0 Å². The molecule has 20 heavy (non-hydrogen) atoms. The molecular weight excluding hydrogens is 252 g/mol. The van der Waals surface area contributed by atoms with Crippen LogP contribution in [0.3, 0.4) is 0 Å². The van der Waals surface area contributed by atoms with Crippen molar-refractivity contribution in [1.82, 2.24) is 9.88 Å². The first-order chi connectivity index (χ1) is 9.65. The summed E-state index contributed by atoms with van der Waals surface area (Å²) >= 11 is 0. The van der Waals surface area contributed by atoms with E-state index in [0.29, 0.717) is 18.8 Å². The van der Waals surface area contributed by atoms with Gasteiger partial charge in [0.15, 0.2) is 0 Å². The molecule has 2 heterocycles. The van der Waals surface area contributed by atoms with Crippen LogP contribution in [-0.4, -0.2) is 34.7 Å². The van der Waals surface area contributed by atoms with Crippen LogP contribution in [0.25, 0.3) is 10.9 Å². The molecule has 3 rings (SSSR count). The fourth-order valence-electron chi connectivity index (χ4n) is 2.85. The third-order valence-corrected chi connectivity index (χ3v) is 4.12. The molecule has 0 unspecified atom stereocenters. The fourth-order valence-corrected chi connectivity index (χ4v) is 2.85. The van der Waals surface area contributed by atoms with E-state index in [-0.39, 0.29) is 17.6 Å². The van der Waals surface area contributed by atoms with Crippen molar-refractivity contribution in [3.63, 3.8) is 0 Å². The number of ketones is 1. The van der Waals surface area contributed by atoms with Crippen molar-refractivity contribution in [2.75, 3.05) is 13.1 Å². The largest absolute Gasteiger partial charge is 0.351 e. The van der Waals surface area contributed by atoms with E-state index in [4.69, 9.17) is 0 Å². The SMILES string of the molecule is CC(=O)C1CCN(C(=O)c2cc3ccccc3[nH]2)CC1. The van der Waals surface area contributed by atoms with E-state index < -0.39 is 0 Å². The quantitative estimate of drug-likeness (QED) is 0.912. The number of fused-ring (bicyclic) bond motifs is 1. The van der Waals surface area contributed by atoms with E-state index in [1.165, 1.54) is 0 Å². The standard InChI is InChI=1S/C16H18N2O2/c1-11(19)12-6-8-18(9-7-12)16(20)15-10-13-4-2-3-5-14(13)17-15/h2-5,10,12,17H,6-9H2,1H3. The second-order valence-electron chi connectivity index (χ2n) is 5.45. The predicted octanol–water partition coefficient (Wildman–Crippen LogP) is 2.61. The van der Waals surface area contributed by atoms with Crippen molar-refractivity contribution in [2.45, 2.75) is 19.8 Å². The van der Waals surface area contributed by atoms with Gasteiger partial charge in [-0.15, -0.1) is 0 Å². The number of carbonyl (C=O) groups is 2. The van der Waals surface area contributed by atoms with Crippen LogP contribution in [0, 0.1) is 5.92 Å². The lowest BCUT2D eigenvalue weighted by Gasteiger charge is -2.30. The second kappa shape index (κ2) is 5.12. The average Bonchev–Trinajstić information content (AvgIpc) is 2.90.